The first kappa shape index (κ1) is 21.9. The minimum atomic E-state index is -1.36. The van der Waals surface area contributed by atoms with E-state index in [-0.39, 0.29) is 0 Å². The highest BCUT2D eigenvalue weighted by Crippen LogP contribution is 2.43. The quantitative estimate of drug-likeness (QED) is 0.207. The lowest BCUT2D eigenvalue weighted by Gasteiger charge is -2.24. The van der Waals surface area contributed by atoms with Gasteiger partial charge >= 0.3 is 0 Å². The van der Waals surface area contributed by atoms with Crippen molar-refractivity contribution in [3.8, 4) is 0 Å². The molecular formula is C23H27I2Si+. The molecule has 0 fully saturated rings. The fourth-order valence-corrected chi connectivity index (χ4v) is 5.36. The molecule has 0 nitrogen and oxygen atoms in total. The summed E-state index contributed by atoms with van der Waals surface area (Å²) in [4.78, 5) is 0. The Kier molecular flexibility index (Phi) is 6.99. The first-order chi connectivity index (χ1) is 11.9. The second-order valence-corrected chi connectivity index (χ2v) is 15.2. The van der Waals surface area contributed by atoms with E-state index in [1.165, 1.54) is 40.2 Å². The maximum absolute atomic E-state index is 3.75. The molecule has 0 amide bonds. The third-order valence-corrected chi connectivity index (χ3v) is 8.95. The van der Waals surface area contributed by atoms with Gasteiger partial charge in [-0.2, -0.15) is 0 Å². The van der Waals surface area contributed by atoms with E-state index in [1.54, 1.807) is 0 Å². The van der Waals surface area contributed by atoms with Crippen LogP contribution in [0.15, 0.2) is 36.0 Å². The van der Waals surface area contributed by atoms with Crippen LogP contribution in [0.2, 0.25) is 19.6 Å². The fourth-order valence-electron chi connectivity index (χ4n) is 3.09. The van der Waals surface area contributed by atoms with Crippen LogP contribution in [0.5, 0.6) is 0 Å². The zero-order valence-corrected chi connectivity index (χ0v) is 22.3. The molecule has 0 aliphatic heterocycles. The minimum Gasteiger partial charge on any atom is -0.104 e. The van der Waals surface area contributed by atoms with Crippen molar-refractivity contribution in [2.45, 2.75) is 54.3 Å². The van der Waals surface area contributed by atoms with E-state index in [2.05, 4.69) is 129 Å². The lowest BCUT2D eigenvalue weighted by atomic mass is 9.89. The van der Waals surface area contributed by atoms with Gasteiger partial charge < -0.3 is 0 Å². The Morgan fingerprint density at radius 1 is 0.923 bits per heavy atom. The number of benzene rings is 1. The van der Waals surface area contributed by atoms with Gasteiger partial charge in [0.05, 0.1) is 5.70 Å². The maximum Gasteiger partial charge on any atom is 0.253 e. The Balaban J connectivity index is 2.85. The van der Waals surface area contributed by atoms with Gasteiger partial charge in [0, 0.05) is 36.0 Å². The second kappa shape index (κ2) is 8.30. The van der Waals surface area contributed by atoms with Crippen LogP contribution in [0.3, 0.4) is 0 Å². The van der Waals surface area contributed by atoms with Crippen LogP contribution in [0, 0.1) is 25.5 Å². The van der Waals surface area contributed by atoms with E-state index in [0.29, 0.717) is 5.92 Å². The molecule has 0 saturated carbocycles. The van der Waals surface area contributed by atoms with E-state index < -0.39 is 8.07 Å². The Bertz CT molecular complexity index is 946. The minimum absolute atomic E-state index is 0.503. The van der Waals surface area contributed by atoms with E-state index in [1.807, 2.05) is 0 Å². The summed E-state index contributed by atoms with van der Waals surface area (Å²) in [7, 11) is -1.36. The SMILES string of the molecule is CC1=C(I)C(C)C(I)=C(C)C1=C=c1c(C)cc(=C=[C+][Si](C)(C)C)cc1C. The summed E-state index contributed by atoms with van der Waals surface area (Å²) in [6.45, 7) is 17.9. The predicted molar refractivity (Wildman–Crippen MR) is 135 cm³/mol. The number of aryl methyl sites for hydroxylation is 2. The highest BCUT2D eigenvalue weighted by molar-refractivity contribution is 14.1. The van der Waals surface area contributed by atoms with Crippen LogP contribution in [-0.2, 0) is 0 Å². The standard InChI is InChI=1S/C23H27I2Si/c1-14-11-19(9-10-26(6,7)8)12-15(2)20(14)13-21-16(3)22(24)18(5)23(25)17(21)4/h11-12,18H,1-8H3/q+1. The number of halogens is 2. The number of rotatable bonds is 1. The molecule has 136 valence electrons. The third-order valence-electron chi connectivity index (χ3n) is 4.59. The topological polar surface area (TPSA) is 0 Å². The van der Waals surface area contributed by atoms with Crippen LogP contribution in [0.1, 0.15) is 31.9 Å². The molecule has 2 rings (SSSR count). The molecule has 0 bridgehead atoms. The Morgan fingerprint density at radius 2 is 1.38 bits per heavy atom. The van der Waals surface area contributed by atoms with Crippen molar-refractivity contribution in [1.29, 1.82) is 0 Å². The molecule has 0 aromatic heterocycles. The molecule has 0 unspecified atom stereocenters. The molecule has 1 aliphatic carbocycles. The Morgan fingerprint density at radius 3 is 1.81 bits per heavy atom. The molecular weight excluding hydrogens is 558 g/mol. The molecule has 0 atom stereocenters. The highest BCUT2D eigenvalue weighted by atomic mass is 127. The average Bonchev–Trinajstić information content (AvgIpc) is 2.54. The van der Waals surface area contributed by atoms with Crippen LogP contribution >= 0.6 is 45.2 Å². The monoisotopic (exact) mass is 585 g/mol. The van der Waals surface area contributed by atoms with Gasteiger partial charge in [-0.15, -0.1) is 5.73 Å². The summed E-state index contributed by atoms with van der Waals surface area (Å²) in [5.74, 6) is 0.503. The molecule has 1 aliphatic rings. The van der Waals surface area contributed by atoms with Crippen molar-refractivity contribution in [1.82, 2.24) is 0 Å². The van der Waals surface area contributed by atoms with Crippen LogP contribution < -0.4 is 10.4 Å². The van der Waals surface area contributed by atoms with E-state index in [0.717, 1.165) is 5.22 Å². The molecule has 0 saturated heterocycles. The van der Waals surface area contributed by atoms with Gasteiger partial charge in [0.1, 0.15) is 5.73 Å². The molecule has 0 heterocycles. The highest BCUT2D eigenvalue weighted by Gasteiger charge is 2.23. The Labute approximate surface area is 186 Å². The van der Waals surface area contributed by atoms with E-state index in [9.17, 15) is 0 Å². The largest absolute Gasteiger partial charge is 0.253 e. The Hall–Kier alpha value is -0.413. The van der Waals surface area contributed by atoms with Crippen molar-refractivity contribution in [2.75, 3.05) is 0 Å². The lowest BCUT2D eigenvalue weighted by molar-refractivity contribution is 0.883. The third kappa shape index (κ3) is 4.89. The number of hydrogen-bond acceptors (Lipinski definition) is 0. The molecule has 3 heteroatoms. The zero-order valence-electron chi connectivity index (χ0n) is 17.0. The molecule has 0 radical (unpaired) electrons. The summed E-state index contributed by atoms with van der Waals surface area (Å²) < 4.78 is 2.85. The van der Waals surface area contributed by atoms with Crippen LogP contribution in [0.25, 0.3) is 11.5 Å². The summed E-state index contributed by atoms with van der Waals surface area (Å²) in [5.41, 5.74) is 17.1. The van der Waals surface area contributed by atoms with Gasteiger partial charge in [-0.25, -0.2) is 0 Å². The predicted octanol–water partition coefficient (Wildman–Crippen LogP) is 6.29. The molecule has 0 N–H and O–H groups in total. The normalized spacial score (nSPS) is 17.9. The van der Waals surface area contributed by atoms with Crippen molar-refractivity contribution >= 4 is 64.7 Å². The summed E-state index contributed by atoms with van der Waals surface area (Å²) in [5, 5.41) is 2.33. The molecule has 1 aromatic carbocycles. The van der Waals surface area contributed by atoms with E-state index >= 15 is 0 Å². The van der Waals surface area contributed by atoms with Gasteiger partial charge in [-0.05, 0) is 115 Å². The first-order valence-electron chi connectivity index (χ1n) is 8.94. The van der Waals surface area contributed by atoms with Crippen molar-refractivity contribution in [3.63, 3.8) is 0 Å². The summed E-state index contributed by atoms with van der Waals surface area (Å²) >= 11 is 5.00. The fraction of sp³-hybridized carbons (Fsp3) is 0.391. The lowest BCUT2D eigenvalue weighted by Crippen LogP contribution is -2.18. The van der Waals surface area contributed by atoms with Gasteiger partial charge in [0.2, 0.25) is 0 Å². The van der Waals surface area contributed by atoms with Gasteiger partial charge in [-0.1, -0.05) is 6.92 Å². The number of allylic oxidation sites excluding steroid dienone is 5. The van der Waals surface area contributed by atoms with E-state index in [4.69, 9.17) is 0 Å². The zero-order chi connectivity index (χ0) is 19.8. The second-order valence-electron chi connectivity index (χ2n) is 8.15. The summed E-state index contributed by atoms with van der Waals surface area (Å²) in [6, 6.07) is 4.42. The van der Waals surface area contributed by atoms with Gasteiger partial charge in [0.15, 0.2) is 5.22 Å². The van der Waals surface area contributed by atoms with Crippen molar-refractivity contribution in [2.24, 2.45) is 5.92 Å². The summed E-state index contributed by atoms with van der Waals surface area (Å²) in [6.07, 6.45) is 0. The first-order valence-corrected chi connectivity index (χ1v) is 14.6. The van der Waals surface area contributed by atoms with Crippen LogP contribution in [0.4, 0.5) is 0 Å². The number of hydrogen-bond donors (Lipinski definition) is 0. The maximum atomic E-state index is 3.75. The van der Waals surface area contributed by atoms with Gasteiger partial charge in [0.25, 0.3) is 8.07 Å². The average molecular weight is 585 g/mol. The van der Waals surface area contributed by atoms with Crippen molar-refractivity contribution in [3.05, 3.63) is 63.3 Å². The van der Waals surface area contributed by atoms with Gasteiger partial charge in [-0.3, -0.25) is 0 Å². The van der Waals surface area contributed by atoms with Crippen LogP contribution in [-0.4, -0.2) is 8.07 Å². The smallest absolute Gasteiger partial charge is 0.104 e. The molecule has 1 aromatic rings. The molecule has 0 spiro atoms. The van der Waals surface area contributed by atoms with Crippen molar-refractivity contribution < 1.29 is 0 Å². The molecule has 26 heavy (non-hydrogen) atoms.